The monoisotopic (exact) mass is 287 g/mol. The predicted molar refractivity (Wildman–Crippen MR) is 76.3 cm³/mol. The maximum atomic E-state index is 11.7. The Labute approximate surface area is 122 Å². The van der Waals surface area contributed by atoms with Crippen molar-refractivity contribution >= 4 is 12.0 Å². The second-order valence-electron chi connectivity index (χ2n) is 4.78. The number of amides is 1. The summed E-state index contributed by atoms with van der Waals surface area (Å²) in [6.07, 6.45) is 7.39. The van der Waals surface area contributed by atoms with Crippen LogP contribution in [0.4, 0.5) is 0 Å². The first-order valence-electron chi connectivity index (χ1n) is 6.93. The van der Waals surface area contributed by atoms with Crippen LogP contribution in [-0.2, 0) is 29.1 Å². The number of hydrogen-bond donors (Lipinski definition) is 1. The van der Waals surface area contributed by atoms with Crippen LogP contribution in [0, 0.1) is 0 Å². The number of nitrogens with one attached hydrogen (secondary N) is 1. The Bertz CT molecular complexity index is 629. The fourth-order valence-corrected chi connectivity index (χ4v) is 2.29. The molecule has 6 heteroatoms. The minimum absolute atomic E-state index is 0.143. The summed E-state index contributed by atoms with van der Waals surface area (Å²) < 4.78 is 12.4. The number of nitrogens with zero attached hydrogens (tertiary/aromatic N) is 2. The standard InChI is InChI=1S/C15H17N3O3/c19-15(4-3-13-2-1-8-21-13)16-6-7-18-14-5-9-20-11-12(14)10-17-18/h1-4,8,10H,5-7,9,11H2,(H,16,19). The largest absolute Gasteiger partial charge is 0.465 e. The normalized spacial score (nSPS) is 14.3. The number of rotatable bonds is 5. The molecule has 0 fully saturated rings. The van der Waals surface area contributed by atoms with Crippen molar-refractivity contribution in [2.75, 3.05) is 13.2 Å². The average Bonchev–Trinajstić information content (AvgIpc) is 3.15. The number of furan rings is 1. The zero-order valence-electron chi connectivity index (χ0n) is 11.6. The highest BCUT2D eigenvalue weighted by molar-refractivity contribution is 5.91. The molecule has 6 nitrogen and oxygen atoms in total. The van der Waals surface area contributed by atoms with Gasteiger partial charge in [-0.15, -0.1) is 0 Å². The van der Waals surface area contributed by atoms with Crippen LogP contribution in [0.5, 0.6) is 0 Å². The molecule has 2 aromatic heterocycles. The van der Waals surface area contributed by atoms with Crippen LogP contribution in [0.25, 0.3) is 6.08 Å². The first-order valence-corrected chi connectivity index (χ1v) is 6.93. The van der Waals surface area contributed by atoms with Crippen LogP contribution in [0.3, 0.4) is 0 Å². The Morgan fingerprint density at radius 3 is 3.33 bits per heavy atom. The van der Waals surface area contributed by atoms with Gasteiger partial charge < -0.3 is 14.5 Å². The van der Waals surface area contributed by atoms with Gasteiger partial charge in [0, 0.05) is 30.3 Å². The number of ether oxygens (including phenoxy) is 1. The molecule has 1 amide bonds. The number of carbonyl (C=O) groups excluding carboxylic acids is 1. The first-order chi connectivity index (χ1) is 10.3. The van der Waals surface area contributed by atoms with E-state index in [-0.39, 0.29) is 5.91 Å². The van der Waals surface area contributed by atoms with Gasteiger partial charge in [0.05, 0.1) is 32.2 Å². The van der Waals surface area contributed by atoms with Gasteiger partial charge in [-0.2, -0.15) is 5.10 Å². The molecule has 0 aromatic carbocycles. The van der Waals surface area contributed by atoms with Gasteiger partial charge >= 0.3 is 0 Å². The summed E-state index contributed by atoms with van der Waals surface area (Å²) in [4.78, 5) is 11.7. The van der Waals surface area contributed by atoms with Crippen molar-refractivity contribution in [1.29, 1.82) is 0 Å². The van der Waals surface area contributed by atoms with Crippen LogP contribution < -0.4 is 5.32 Å². The SMILES string of the molecule is O=C(C=Cc1ccco1)NCCn1ncc2c1CCOC2. The molecular formula is C15H17N3O3. The summed E-state index contributed by atoms with van der Waals surface area (Å²) in [6.45, 7) is 2.57. The highest BCUT2D eigenvalue weighted by Gasteiger charge is 2.14. The van der Waals surface area contributed by atoms with E-state index in [0.29, 0.717) is 25.5 Å². The van der Waals surface area contributed by atoms with E-state index in [2.05, 4.69) is 10.4 Å². The predicted octanol–water partition coefficient (Wildman–Crippen LogP) is 1.38. The number of fused-ring (bicyclic) bond motifs is 1. The Hall–Kier alpha value is -2.34. The summed E-state index contributed by atoms with van der Waals surface area (Å²) in [7, 11) is 0. The molecule has 1 aliphatic heterocycles. The van der Waals surface area contributed by atoms with Gasteiger partial charge in [-0.1, -0.05) is 0 Å². The van der Waals surface area contributed by atoms with E-state index >= 15 is 0 Å². The maximum absolute atomic E-state index is 11.7. The summed E-state index contributed by atoms with van der Waals surface area (Å²) in [5, 5.41) is 7.16. The van der Waals surface area contributed by atoms with Crippen molar-refractivity contribution in [2.45, 2.75) is 19.6 Å². The van der Waals surface area contributed by atoms with Crippen LogP contribution in [0.1, 0.15) is 17.0 Å². The lowest BCUT2D eigenvalue weighted by atomic mass is 10.2. The summed E-state index contributed by atoms with van der Waals surface area (Å²) >= 11 is 0. The zero-order valence-corrected chi connectivity index (χ0v) is 11.6. The fraction of sp³-hybridized carbons (Fsp3) is 0.333. The molecule has 21 heavy (non-hydrogen) atoms. The van der Waals surface area contributed by atoms with Crippen LogP contribution in [-0.4, -0.2) is 28.8 Å². The van der Waals surface area contributed by atoms with Crippen LogP contribution in [0.15, 0.2) is 35.1 Å². The zero-order chi connectivity index (χ0) is 14.5. The molecule has 0 spiro atoms. The van der Waals surface area contributed by atoms with E-state index in [0.717, 1.165) is 18.6 Å². The van der Waals surface area contributed by atoms with E-state index < -0.39 is 0 Å². The van der Waals surface area contributed by atoms with Crippen molar-refractivity contribution < 1.29 is 13.9 Å². The molecule has 0 aliphatic carbocycles. The Balaban J connectivity index is 1.47. The summed E-state index contributed by atoms with van der Waals surface area (Å²) in [5.41, 5.74) is 2.35. The summed E-state index contributed by atoms with van der Waals surface area (Å²) in [6, 6.07) is 3.57. The molecule has 1 N–H and O–H groups in total. The number of hydrogen-bond acceptors (Lipinski definition) is 4. The van der Waals surface area contributed by atoms with Crippen molar-refractivity contribution in [1.82, 2.24) is 15.1 Å². The molecule has 0 bridgehead atoms. The van der Waals surface area contributed by atoms with Crippen molar-refractivity contribution in [3.05, 3.63) is 47.7 Å². The lowest BCUT2D eigenvalue weighted by Gasteiger charge is -2.14. The molecule has 0 saturated carbocycles. The lowest BCUT2D eigenvalue weighted by Crippen LogP contribution is -2.26. The minimum atomic E-state index is -0.143. The molecular weight excluding hydrogens is 270 g/mol. The summed E-state index contributed by atoms with van der Waals surface area (Å²) in [5.74, 6) is 0.516. The number of aromatic nitrogens is 2. The van der Waals surface area contributed by atoms with Crippen molar-refractivity contribution in [3.63, 3.8) is 0 Å². The third-order valence-electron chi connectivity index (χ3n) is 3.34. The first kappa shape index (κ1) is 13.6. The third kappa shape index (κ3) is 3.41. The van der Waals surface area contributed by atoms with E-state index in [9.17, 15) is 4.79 Å². The molecule has 0 unspecified atom stereocenters. The second-order valence-corrected chi connectivity index (χ2v) is 4.78. The van der Waals surface area contributed by atoms with Gasteiger partial charge in [-0.3, -0.25) is 9.48 Å². The molecule has 0 atom stereocenters. The van der Waals surface area contributed by atoms with E-state index in [1.54, 1.807) is 24.5 Å². The smallest absolute Gasteiger partial charge is 0.244 e. The van der Waals surface area contributed by atoms with Gasteiger partial charge in [-0.25, -0.2) is 0 Å². The van der Waals surface area contributed by atoms with Crippen molar-refractivity contribution in [3.8, 4) is 0 Å². The molecule has 3 rings (SSSR count). The van der Waals surface area contributed by atoms with Gasteiger partial charge in [0.1, 0.15) is 5.76 Å². The molecule has 0 saturated heterocycles. The molecule has 0 radical (unpaired) electrons. The second kappa shape index (κ2) is 6.41. The van der Waals surface area contributed by atoms with Crippen LogP contribution in [0.2, 0.25) is 0 Å². The van der Waals surface area contributed by atoms with E-state index in [1.807, 2.05) is 10.9 Å². The average molecular weight is 287 g/mol. The highest BCUT2D eigenvalue weighted by atomic mass is 16.5. The van der Waals surface area contributed by atoms with Crippen LogP contribution >= 0.6 is 0 Å². The fourth-order valence-electron chi connectivity index (χ4n) is 2.29. The quantitative estimate of drug-likeness (QED) is 0.843. The lowest BCUT2D eigenvalue weighted by molar-refractivity contribution is -0.116. The highest BCUT2D eigenvalue weighted by Crippen LogP contribution is 2.15. The maximum Gasteiger partial charge on any atom is 0.244 e. The topological polar surface area (TPSA) is 69.3 Å². The molecule has 110 valence electrons. The van der Waals surface area contributed by atoms with Gasteiger partial charge in [-0.05, 0) is 18.2 Å². The molecule has 2 aromatic rings. The Morgan fingerprint density at radius 1 is 1.52 bits per heavy atom. The Kier molecular flexibility index (Phi) is 4.16. The van der Waals surface area contributed by atoms with E-state index in [4.69, 9.17) is 9.15 Å². The van der Waals surface area contributed by atoms with E-state index in [1.165, 1.54) is 11.8 Å². The Morgan fingerprint density at radius 2 is 2.48 bits per heavy atom. The third-order valence-corrected chi connectivity index (χ3v) is 3.34. The van der Waals surface area contributed by atoms with Gasteiger partial charge in [0.15, 0.2) is 0 Å². The van der Waals surface area contributed by atoms with Gasteiger partial charge in [0.2, 0.25) is 5.91 Å². The number of carbonyl (C=O) groups is 1. The molecule has 1 aliphatic rings. The van der Waals surface area contributed by atoms with Crippen molar-refractivity contribution in [2.24, 2.45) is 0 Å². The molecule has 3 heterocycles. The minimum Gasteiger partial charge on any atom is -0.465 e. The van der Waals surface area contributed by atoms with Gasteiger partial charge in [0.25, 0.3) is 0 Å².